The van der Waals surface area contributed by atoms with Crippen LogP contribution in [0, 0.1) is 29.2 Å². The molecule has 0 saturated heterocycles. The third kappa shape index (κ3) is 7.77. The average Bonchev–Trinajstić information content (AvgIpc) is 2.99. The van der Waals surface area contributed by atoms with E-state index < -0.39 is 69.9 Å². The van der Waals surface area contributed by atoms with E-state index in [0.29, 0.717) is 11.5 Å². The maximum Gasteiger partial charge on any atom is 0.527 e. The summed E-state index contributed by atoms with van der Waals surface area (Å²) in [6.45, 7) is 2.20. The molecule has 0 bridgehead atoms. The third-order valence-electron chi connectivity index (χ3n) is 8.49. The Morgan fingerprint density at radius 3 is 1.58 bits per heavy atom. The van der Waals surface area contributed by atoms with E-state index in [-0.39, 0.29) is 24.3 Å². The molecule has 4 aromatic carbocycles. The molecule has 256 valence electrons. The second-order valence-corrected chi connectivity index (χ2v) is 11.6. The Kier molecular flexibility index (Phi) is 9.83. The molecule has 0 N–H and O–H groups in total. The highest BCUT2D eigenvalue weighted by molar-refractivity contribution is 5.67. The van der Waals surface area contributed by atoms with Crippen LogP contribution in [0.2, 0.25) is 0 Å². The summed E-state index contributed by atoms with van der Waals surface area (Å²) < 4.78 is 160. The predicted octanol–water partition coefficient (Wildman–Crippen LogP) is 12.0. The van der Waals surface area contributed by atoms with Crippen molar-refractivity contribution in [2.75, 3.05) is 0 Å². The molecule has 48 heavy (non-hydrogen) atoms. The monoisotopic (exact) mass is 688 g/mol. The van der Waals surface area contributed by atoms with Crippen molar-refractivity contribution in [2.45, 2.75) is 63.5 Å². The van der Waals surface area contributed by atoms with Crippen molar-refractivity contribution < 1.29 is 57.8 Å². The zero-order chi connectivity index (χ0) is 35.0. The van der Waals surface area contributed by atoms with Crippen LogP contribution < -0.4 is 4.74 Å². The summed E-state index contributed by atoms with van der Waals surface area (Å²) in [5.74, 6) is -7.82. The van der Waals surface area contributed by atoms with Crippen LogP contribution in [0.4, 0.5) is 48.3 Å². The van der Waals surface area contributed by atoms with E-state index in [0.717, 1.165) is 36.5 Å². The summed E-state index contributed by atoms with van der Waals surface area (Å²) in [6.07, 6.45) is -9.83. The van der Waals surface area contributed by atoms with Crippen LogP contribution >= 0.6 is 0 Å². The zero-order valence-electron chi connectivity index (χ0n) is 25.1. The highest BCUT2D eigenvalue weighted by atomic mass is 19.4. The predicted molar refractivity (Wildman–Crippen MR) is 154 cm³/mol. The molecule has 1 fully saturated rings. The third-order valence-corrected chi connectivity index (χ3v) is 8.49. The molecule has 5 rings (SSSR count). The normalized spacial score (nSPS) is 17.4. The maximum absolute atomic E-state index is 15.0. The largest absolute Gasteiger partial charge is 0.527 e. The van der Waals surface area contributed by atoms with Crippen LogP contribution in [-0.4, -0.2) is 6.36 Å². The van der Waals surface area contributed by atoms with Crippen molar-refractivity contribution in [1.82, 2.24) is 0 Å². The molecule has 0 spiro atoms. The summed E-state index contributed by atoms with van der Waals surface area (Å²) >= 11 is 0. The van der Waals surface area contributed by atoms with Gasteiger partial charge in [0.05, 0.1) is 11.1 Å². The van der Waals surface area contributed by atoms with Gasteiger partial charge in [-0.05, 0) is 84.0 Å². The molecular weight excluding hydrogens is 661 g/mol. The fourth-order valence-corrected chi connectivity index (χ4v) is 5.99. The van der Waals surface area contributed by atoms with E-state index in [1.165, 1.54) is 37.0 Å². The van der Waals surface area contributed by atoms with Crippen molar-refractivity contribution in [2.24, 2.45) is 5.92 Å². The van der Waals surface area contributed by atoms with E-state index in [9.17, 15) is 39.5 Å². The number of alkyl halides is 7. The Bertz CT molecular complexity index is 1700. The molecule has 0 unspecified atom stereocenters. The first-order valence-corrected chi connectivity index (χ1v) is 14.9. The van der Waals surface area contributed by atoms with Crippen LogP contribution in [0.3, 0.4) is 0 Å². The Balaban J connectivity index is 1.31. The van der Waals surface area contributed by atoms with Gasteiger partial charge in [0, 0.05) is 12.1 Å². The lowest BCUT2D eigenvalue weighted by Crippen LogP contribution is -2.29. The van der Waals surface area contributed by atoms with Crippen LogP contribution in [0.1, 0.15) is 61.6 Å². The molecule has 0 aromatic heterocycles. The van der Waals surface area contributed by atoms with Gasteiger partial charge < -0.3 is 4.74 Å². The number of ether oxygens (including phenoxy) is 2. The fourth-order valence-electron chi connectivity index (χ4n) is 5.99. The highest BCUT2D eigenvalue weighted by Gasteiger charge is 2.49. The first kappa shape index (κ1) is 35.2. The fraction of sp³-hybridized carbons (Fsp3) is 0.314. The van der Waals surface area contributed by atoms with Gasteiger partial charge in [-0.3, -0.25) is 0 Å². The van der Waals surface area contributed by atoms with Gasteiger partial charge in [-0.2, -0.15) is 17.6 Å². The lowest BCUT2D eigenvalue weighted by atomic mass is 9.77. The Hall–Kier alpha value is -4.13. The minimum Gasteiger partial charge on any atom is -0.429 e. The highest BCUT2D eigenvalue weighted by Crippen LogP contribution is 2.42. The van der Waals surface area contributed by atoms with Gasteiger partial charge in [0.15, 0.2) is 0 Å². The van der Waals surface area contributed by atoms with Crippen molar-refractivity contribution in [3.05, 3.63) is 113 Å². The van der Waals surface area contributed by atoms with Gasteiger partial charge in [0.25, 0.3) is 0 Å². The van der Waals surface area contributed by atoms with Gasteiger partial charge in [-0.1, -0.05) is 49.7 Å². The molecule has 0 heterocycles. The maximum atomic E-state index is 15.0. The molecule has 1 aliphatic carbocycles. The number of rotatable bonds is 9. The summed E-state index contributed by atoms with van der Waals surface area (Å²) in [6, 6.07) is 13.3. The van der Waals surface area contributed by atoms with Crippen LogP contribution in [0.25, 0.3) is 22.3 Å². The van der Waals surface area contributed by atoms with Crippen LogP contribution in [0.15, 0.2) is 72.8 Å². The van der Waals surface area contributed by atoms with Crippen LogP contribution in [-0.2, 0) is 17.0 Å². The van der Waals surface area contributed by atoms with Gasteiger partial charge >= 0.3 is 18.6 Å². The van der Waals surface area contributed by atoms with Crippen molar-refractivity contribution in [3.8, 4) is 28.0 Å². The topological polar surface area (TPSA) is 18.5 Å². The van der Waals surface area contributed by atoms with Crippen molar-refractivity contribution >= 4 is 0 Å². The minimum atomic E-state index is -5.99. The van der Waals surface area contributed by atoms with E-state index in [1.807, 2.05) is 24.3 Å². The molecule has 0 amide bonds. The van der Waals surface area contributed by atoms with E-state index in [4.69, 9.17) is 0 Å². The molecule has 0 radical (unpaired) electrons. The molecule has 4 aromatic rings. The van der Waals surface area contributed by atoms with Gasteiger partial charge in [0.2, 0.25) is 0 Å². The van der Waals surface area contributed by atoms with E-state index >= 15 is 8.78 Å². The molecular formula is C35H27F11O2. The molecule has 0 atom stereocenters. The number of halogens is 11. The number of hydrogen-bond donors (Lipinski definition) is 0. The standard InChI is InChI=1S/C35H27F11O2/c1-2-19-3-5-20(6-4-19)21-7-9-22(10-8-21)23-11-13-25(14-12-23)33(40,41)47-26-17-27(36)31(28(37)18-26)24-15-29(38)32(30(39)16-24)34(42,43)48-35(44,45)46/h7-20H,2-6H2,1H3. The smallest absolute Gasteiger partial charge is 0.429 e. The van der Waals surface area contributed by atoms with E-state index in [2.05, 4.69) is 16.4 Å². The average molecular weight is 689 g/mol. The van der Waals surface area contributed by atoms with Gasteiger partial charge in [0.1, 0.15) is 34.6 Å². The lowest BCUT2D eigenvalue weighted by molar-refractivity contribution is -0.432. The molecule has 1 aliphatic rings. The molecule has 0 aliphatic heterocycles. The lowest BCUT2D eigenvalue weighted by Gasteiger charge is -2.28. The van der Waals surface area contributed by atoms with E-state index in [1.54, 1.807) is 0 Å². The summed E-state index contributed by atoms with van der Waals surface area (Å²) in [5.41, 5.74) is -2.80. The summed E-state index contributed by atoms with van der Waals surface area (Å²) in [5, 5.41) is 0. The van der Waals surface area contributed by atoms with Crippen molar-refractivity contribution in [3.63, 3.8) is 0 Å². The minimum absolute atomic E-state index is 0.0602. The second-order valence-electron chi connectivity index (χ2n) is 11.6. The second kappa shape index (κ2) is 13.4. The van der Waals surface area contributed by atoms with Crippen molar-refractivity contribution in [1.29, 1.82) is 0 Å². The quantitative estimate of drug-likeness (QED) is 0.163. The zero-order valence-corrected chi connectivity index (χ0v) is 25.1. The Morgan fingerprint density at radius 1 is 0.604 bits per heavy atom. The Morgan fingerprint density at radius 2 is 1.10 bits per heavy atom. The number of hydrogen-bond acceptors (Lipinski definition) is 2. The first-order chi connectivity index (χ1) is 22.5. The van der Waals surface area contributed by atoms with Crippen LogP contribution in [0.5, 0.6) is 5.75 Å². The number of benzene rings is 4. The SMILES string of the molecule is CCC1CCC(c2ccc(-c3ccc(C(F)(F)Oc4cc(F)c(-c5cc(F)c(C(F)(F)OC(F)(F)F)c(F)c5)c(F)c4)cc3)cc2)CC1. The molecule has 2 nitrogen and oxygen atoms in total. The Labute approximate surface area is 268 Å². The summed E-state index contributed by atoms with van der Waals surface area (Å²) in [7, 11) is 0. The van der Waals surface area contributed by atoms with Gasteiger partial charge in [-0.25, -0.2) is 22.3 Å². The van der Waals surface area contributed by atoms with Gasteiger partial charge in [-0.15, -0.1) is 13.2 Å². The molecule has 13 heteroatoms. The molecule has 1 saturated carbocycles. The summed E-state index contributed by atoms with van der Waals surface area (Å²) in [4.78, 5) is 0. The first-order valence-electron chi connectivity index (χ1n) is 14.9.